The van der Waals surface area contributed by atoms with Gasteiger partial charge in [-0.3, -0.25) is 0 Å². The summed E-state index contributed by atoms with van der Waals surface area (Å²) in [5, 5.41) is 9.65. The van der Waals surface area contributed by atoms with Gasteiger partial charge in [0, 0.05) is 18.4 Å². The van der Waals surface area contributed by atoms with Crippen LogP contribution >= 0.6 is 27.3 Å². The Kier molecular flexibility index (Phi) is 3.26. The smallest absolute Gasteiger partial charge is 0.208 e. The van der Waals surface area contributed by atoms with Gasteiger partial charge in [-0.2, -0.15) is 0 Å². The molecule has 1 aromatic rings. The lowest BCUT2D eigenvalue weighted by Crippen LogP contribution is -2.29. The first-order valence-corrected chi connectivity index (χ1v) is 5.30. The minimum atomic E-state index is 0.461. The van der Waals surface area contributed by atoms with E-state index in [0.717, 1.165) is 10.5 Å². The third kappa shape index (κ3) is 2.13. The zero-order valence-corrected chi connectivity index (χ0v) is 8.89. The van der Waals surface area contributed by atoms with E-state index in [1.807, 2.05) is 7.05 Å². The summed E-state index contributed by atoms with van der Waals surface area (Å²) in [6.07, 6.45) is 0. The van der Waals surface area contributed by atoms with Gasteiger partial charge in [0.2, 0.25) is 5.13 Å². The van der Waals surface area contributed by atoms with Gasteiger partial charge in [0.1, 0.15) is 5.51 Å². The Morgan fingerprint density at radius 3 is 3.00 bits per heavy atom. The summed E-state index contributed by atoms with van der Waals surface area (Å²) >= 11 is 4.97. The molecule has 1 unspecified atom stereocenters. The van der Waals surface area contributed by atoms with Crippen LogP contribution < -0.4 is 4.90 Å². The maximum atomic E-state index is 3.96. The first-order valence-electron chi connectivity index (χ1n) is 3.30. The summed E-state index contributed by atoms with van der Waals surface area (Å²) in [6.45, 7) is 2.14. The SMILES string of the molecule is CC(CBr)N(C)c1nncs1. The highest BCUT2D eigenvalue weighted by Crippen LogP contribution is 2.16. The molecule has 1 rings (SSSR count). The lowest BCUT2D eigenvalue weighted by Gasteiger charge is -2.21. The average molecular weight is 236 g/mol. The molecule has 0 bridgehead atoms. The van der Waals surface area contributed by atoms with Gasteiger partial charge in [-0.05, 0) is 6.92 Å². The fraction of sp³-hybridized carbons (Fsp3) is 0.667. The number of alkyl halides is 1. The topological polar surface area (TPSA) is 29.0 Å². The fourth-order valence-electron chi connectivity index (χ4n) is 0.613. The summed E-state index contributed by atoms with van der Waals surface area (Å²) < 4.78 is 0. The average Bonchev–Trinajstić information content (AvgIpc) is 2.53. The maximum Gasteiger partial charge on any atom is 0.208 e. The van der Waals surface area contributed by atoms with Crippen molar-refractivity contribution in [2.75, 3.05) is 17.3 Å². The number of rotatable bonds is 3. The predicted molar refractivity (Wildman–Crippen MR) is 51.6 cm³/mol. The van der Waals surface area contributed by atoms with Crippen LogP contribution in [0.1, 0.15) is 6.92 Å². The second-order valence-electron chi connectivity index (χ2n) is 2.34. The Bertz CT molecular complexity index is 202. The van der Waals surface area contributed by atoms with Crippen molar-refractivity contribution in [3.63, 3.8) is 0 Å². The van der Waals surface area contributed by atoms with Gasteiger partial charge < -0.3 is 4.90 Å². The molecular weight excluding hydrogens is 226 g/mol. The van der Waals surface area contributed by atoms with Crippen LogP contribution in [0.5, 0.6) is 0 Å². The van der Waals surface area contributed by atoms with Gasteiger partial charge >= 0.3 is 0 Å². The second-order valence-corrected chi connectivity index (χ2v) is 3.79. The lowest BCUT2D eigenvalue weighted by molar-refractivity contribution is 0.759. The van der Waals surface area contributed by atoms with Gasteiger partial charge in [0.15, 0.2) is 0 Å². The number of aromatic nitrogens is 2. The van der Waals surface area contributed by atoms with E-state index in [1.165, 1.54) is 0 Å². The normalized spacial score (nSPS) is 13.0. The maximum absolute atomic E-state index is 3.96. The molecule has 5 heteroatoms. The third-order valence-corrected chi connectivity index (χ3v) is 3.25. The van der Waals surface area contributed by atoms with Crippen LogP contribution in [0.4, 0.5) is 5.13 Å². The molecule has 1 atom stereocenters. The highest BCUT2D eigenvalue weighted by molar-refractivity contribution is 9.09. The van der Waals surface area contributed by atoms with E-state index in [0.29, 0.717) is 6.04 Å². The number of nitrogens with zero attached hydrogens (tertiary/aromatic N) is 3. The summed E-state index contributed by atoms with van der Waals surface area (Å²) in [6, 6.07) is 0.461. The van der Waals surface area contributed by atoms with Gasteiger partial charge in [0.05, 0.1) is 0 Å². The molecule has 0 aliphatic heterocycles. The molecule has 11 heavy (non-hydrogen) atoms. The molecular formula is C6H10BrN3S. The van der Waals surface area contributed by atoms with Crippen molar-refractivity contribution in [1.82, 2.24) is 10.2 Å². The van der Waals surface area contributed by atoms with Crippen molar-refractivity contribution in [2.45, 2.75) is 13.0 Å². The van der Waals surface area contributed by atoms with E-state index >= 15 is 0 Å². The number of hydrogen-bond acceptors (Lipinski definition) is 4. The van der Waals surface area contributed by atoms with Crippen molar-refractivity contribution >= 4 is 32.4 Å². The van der Waals surface area contributed by atoms with E-state index < -0.39 is 0 Å². The van der Waals surface area contributed by atoms with Crippen LogP contribution in [-0.4, -0.2) is 28.6 Å². The molecule has 62 valence electrons. The molecule has 1 heterocycles. The summed E-state index contributed by atoms with van der Waals surface area (Å²) in [7, 11) is 2.02. The molecule has 0 saturated heterocycles. The number of anilines is 1. The van der Waals surface area contributed by atoms with Gasteiger partial charge in [-0.15, -0.1) is 10.2 Å². The van der Waals surface area contributed by atoms with Gasteiger partial charge in [-0.25, -0.2) is 0 Å². The Balaban J connectivity index is 2.62. The van der Waals surface area contributed by atoms with Crippen molar-refractivity contribution < 1.29 is 0 Å². The van der Waals surface area contributed by atoms with Crippen LogP contribution in [0.15, 0.2) is 5.51 Å². The molecule has 1 aromatic heterocycles. The molecule has 3 nitrogen and oxygen atoms in total. The number of hydrogen-bond donors (Lipinski definition) is 0. The van der Waals surface area contributed by atoms with Gasteiger partial charge in [-0.1, -0.05) is 27.3 Å². The highest BCUT2D eigenvalue weighted by atomic mass is 79.9. The molecule has 0 amide bonds. The second kappa shape index (κ2) is 4.01. The van der Waals surface area contributed by atoms with Crippen LogP contribution in [-0.2, 0) is 0 Å². The molecule has 0 saturated carbocycles. The molecule has 0 spiro atoms. The molecule has 0 aliphatic rings. The monoisotopic (exact) mass is 235 g/mol. The molecule has 0 aromatic carbocycles. The zero-order valence-electron chi connectivity index (χ0n) is 6.49. The minimum Gasteiger partial charge on any atom is -0.346 e. The molecule has 0 radical (unpaired) electrons. The fourth-order valence-corrected chi connectivity index (χ4v) is 1.68. The Morgan fingerprint density at radius 1 is 1.82 bits per heavy atom. The van der Waals surface area contributed by atoms with Crippen molar-refractivity contribution in [2.24, 2.45) is 0 Å². The van der Waals surface area contributed by atoms with Crippen molar-refractivity contribution in [3.8, 4) is 0 Å². The molecule has 0 aliphatic carbocycles. The van der Waals surface area contributed by atoms with E-state index in [4.69, 9.17) is 0 Å². The predicted octanol–water partition coefficient (Wildman–Crippen LogP) is 1.76. The summed E-state index contributed by atoms with van der Waals surface area (Å²) in [5.41, 5.74) is 1.74. The van der Waals surface area contributed by atoms with Crippen LogP contribution in [0.25, 0.3) is 0 Å². The minimum absolute atomic E-state index is 0.461. The van der Waals surface area contributed by atoms with Crippen molar-refractivity contribution in [1.29, 1.82) is 0 Å². The summed E-state index contributed by atoms with van der Waals surface area (Å²) in [4.78, 5) is 2.10. The first-order chi connectivity index (χ1) is 5.25. The van der Waals surface area contributed by atoms with E-state index in [9.17, 15) is 0 Å². The Labute approximate surface area is 78.6 Å². The van der Waals surface area contributed by atoms with E-state index in [1.54, 1.807) is 16.8 Å². The van der Waals surface area contributed by atoms with Crippen LogP contribution in [0.2, 0.25) is 0 Å². The standard InChI is InChI=1S/C6H10BrN3S/c1-5(3-7)10(2)6-9-8-4-11-6/h4-5H,3H2,1-2H3. The number of halogens is 1. The van der Waals surface area contributed by atoms with Crippen LogP contribution in [0, 0.1) is 0 Å². The van der Waals surface area contributed by atoms with Gasteiger partial charge in [0.25, 0.3) is 0 Å². The summed E-state index contributed by atoms with van der Waals surface area (Å²) in [5.74, 6) is 0. The quantitative estimate of drug-likeness (QED) is 0.749. The third-order valence-electron chi connectivity index (χ3n) is 1.53. The highest BCUT2D eigenvalue weighted by Gasteiger charge is 2.10. The van der Waals surface area contributed by atoms with Crippen LogP contribution in [0.3, 0.4) is 0 Å². The lowest BCUT2D eigenvalue weighted by atomic mass is 10.4. The Hall–Kier alpha value is -0.160. The van der Waals surface area contributed by atoms with Crippen molar-refractivity contribution in [3.05, 3.63) is 5.51 Å². The Morgan fingerprint density at radius 2 is 2.55 bits per heavy atom. The zero-order chi connectivity index (χ0) is 8.27. The largest absolute Gasteiger partial charge is 0.346 e. The molecule has 0 N–H and O–H groups in total. The first kappa shape index (κ1) is 8.93. The van der Waals surface area contributed by atoms with E-state index in [2.05, 4.69) is 38.0 Å². The molecule has 0 fully saturated rings. The van der Waals surface area contributed by atoms with E-state index in [-0.39, 0.29) is 0 Å².